The molecule has 126 valence electrons. The number of aromatic nitrogens is 1. The minimum absolute atomic E-state index is 0.00297. The summed E-state index contributed by atoms with van der Waals surface area (Å²) in [4.78, 5) is 18.2. The SMILES string of the molecule is CCCC(=O)Nc1ccc(Nc2ccc(N3CCCC3)cc2)cn1. The second-order valence-corrected chi connectivity index (χ2v) is 6.10. The van der Waals surface area contributed by atoms with Gasteiger partial charge in [-0.2, -0.15) is 0 Å². The summed E-state index contributed by atoms with van der Waals surface area (Å²) in [5.41, 5.74) is 3.21. The van der Waals surface area contributed by atoms with E-state index in [0.717, 1.165) is 30.9 Å². The van der Waals surface area contributed by atoms with Crippen LogP contribution in [0.1, 0.15) is 32.6 Å². The molecular weight excluding hydrogens is 300 g/mol. The maximum Gasteiger partial charge on any atom is 0.225 e. The van der Waals surface area contributed by atoms with Crippen LogP contribution in [0.25, 0.3) is 0 Å². The van der Waals surface area contributed by atoms with Crippen LogP contribution in [0.5, 0.6) is 0 Å². The Balaban J connectivity index is 1.58. The van der Waals surface area contributed by atoms with Gasteiger partial charge in [-0.05, 0) is 55.7 Å². The highest BCUT2D eigenvalue weighted by atomic mass is 16.1. The number of nitrogens with zero attached hydrogens (tertiary/aromatic N) is 2. The highest BCUT2D eigenvalue weighted by molar-refractivity contribution is 5.89. The third-order valence-corrected chi connectivity index (χ3v) is 4.14. The van der Waals surface area contributed by atoms with Crippen molar-refractivity contribution in [2.45, 2.75) is 32.6 Å². The zero-order valence-electron chi connectivity index (χ0n) is 14.1. The first kappa shape index (κ1) is 16.3. The van der Waals surface area contributed by atoms with Crippen LogP contribution in [0.4, 0.5) is 22.9 Å². The molecule has 1 aromatic heterocycles. The highest BCUT2D eigenvalue weighted by Gasteiger charge is 2.11. The van der Waals surface area contributed by atoms with Gasteiger partial charge in [0, 0.05) is 30.9 Å². The van der Waals surface area contributed by atoms with Crippen LogP contribution >= 0.6 is 0 Å². The van der Waals surface area contributed by atoms with Gasteiger partial charge in [0.15, 0.2) is 0 Å². The molecule has 2 N–H and O–H groups in total. The molecule has 5 nitrogen and oxygen atoms in total. The van der Waals surface area contributed by atoms with Gasteiger partial charge >= 0.3 is 0 Å². The summed E-state index contributed by atoms with van der Waals surface area (Å²) in [6, 6.07) is 12.2. The monoisotopic (exact) mass is 324 g/mol. The molecule has 1 aromatic carbocycles. The van der Waals surface area contributed by atoms with Gasteiger partial charge in [0.1, 0.15) is 5.82 Å². The summed E-state index contributed by atoms with van der Waals surface area (Å²) in [6.45, 7) is 4.29. The fourth-order valence-electron chi connectivity index (χ4n) is 2.87. The fourth-order valence-corrected chi connectivity index (χ4v) is 2.87. The molecule has 0 saturated carbocycles. The number of carbonyl (C=O) groups is 1. The number of hydrogen-bond acceptors (Lipinski definition) is 4. The lowest BCUT2D eigenvalue weighted by molar-refractivity contribution is -0.116. The minimum Gasteiger partial charge on any atom is -0.372 e. The maximum atomic E-state index is 11.6. The van der Waals surface area contributed by atoms with E-state index in [0.29, 0.717) is 12.2 Å². The average Bonchev–Trinajstić information content (AvgIpc) is 3.12. The number of rotatable bonds is 6. The van der Waals surface area contributed by atoms with Gasteiger partial charge in [-0.25, -0.2) is 4.98 Å². The topological polar surface area (TPSA) is 57.3 Å². The molecule has 2 heterocycles. The quantitative estimate of drug-likeness (QED) is 0.837. The van der Waals surface area contributed by atoms with Crippen LogP contribution in [-0.4, -0.2) is 24.0 Å². The summed E-state index contributed by atoms with van der Waals surface area (Å²) < 4.78 is 0. The van der Waals surface area contributed by atoms with E-state index < -0.39 is 0 Å². The summed E-state index contributed by atoms with van der Waals surface area (Å²) >= 11 is 0. The molecule has 1 saturated heterocycles. The second kappa shape index (κ2) is 7.81. The maximum absolute atomic E-state index is 11.6. The predicted molar refractivity (Wildman–Crippen MR) is 98.9 cm³/mol. The van der Waals surface area contributed by atoms with Crippen LogP contribution in [-0.2, 0) is 4.79 Å². The molecule has 3 rings (SSSR count). The zero-order chi connectivity index (χ0) is 16.8. The molecule has 5 heteroatoms. The molecule has 1 amide bonds. The van der Waals surface area contributed by atoms with Crippen LogP contribution in [0, 0.1) is 0 Å². The first-order valence-corrected chi connectivity index (χ1v) is 8.62. The van der Waals surface area contributed by atoms with Crippen molar-refractivity contribution in [1.29, 1.82) is 0 Å². The molecule has 1 aliphatic rings. The van der Waals surface area contributed by atoms with Crippen molar-refractivity contribution in [3.63, 3.8) is 0 Å². The standard InChI is InChI=1S/C19H24N4O/c1-2-5-19(24)22-18-11-8-16(14-20-18)21-15-6-9-17(10-7-15)23-12-3-4-13-23/h6-11,14,21H,2-5,12-13H2,1H3,(H,20,22,24). The molecule has 2 aromatic rings. The van der Waals surface area contributed by atoms with Gasteiger partial charge in [-0.1, -0.05) is 6.92 Å². The van der Waals surface area contributed by atoms with E-state index in [4.69, 9.17) is 0 Å². The highest BCUT2D eigenvalue weighted by Crippen LogP contribution is 2.24. The van der Waals surface area contributed by atoms with Crippen LogP contribution in [0.2, 0.25) is 0 Å². The molecule has 24 heavy (non-hydrogen) atoms. The molecule has 0 bridgehead atoms. The molecule has 1 fully saturated rings. The Bertz CT molecular complexity index is 661. The van der Waals surface area contributed by atoms with Gasteiger partial charge < -0.3 is 15.5 Å². The molecule has 0 aliphatic carbocycles. The van der Waals surface area contributed by atoms with Gasteiger partial charge in [0.25, 0.3) is 0 Å². The third-order valence-electron chi connectivity index (χ3n) is 4.14. The summed E-state index contributed by atoms with van der Waals surface area (Å²) in [5.74, 6) is 0.589. The van der Waals surface area contributed by atoms with E-state index in [1.54, 1.807) is 6.20 Å². The molecule has 0 radical (unpaired) electrons. The molecule has 0 spiro atoms. The first-order valence-electron chi connectivity index (χ1n) is 8.62. The molecule has 0 unspecified atom stereocenters. The van der Waals surface area contributed by atoms with Crippen molar-refractivity contribution in [2.24, 2.45) is 0 Å². The van der Waals surface area contributed by atoms with Crippen LogP contribution < -0.4 is 15.5 Å². The minimum atomic E-state index is 0.00297. The lowest BCUT2D eigenvalue weighted by Crippen LogP contribution is -2.17. The number of amides is 1. The Morgan fingerprint density at radius 1 is 1.08 bits per heavy atom. The van der Waals surface area contributed by atoms with Crippen LogP contribution in [0.3, 0.4) is 0 Å². The van der Waals surface area contributed by atoms with E-state index in [1.807, 2.05) is 19.1 Å². The Morgan fingerprint density at radius 3 is 2.42 bits per heavy atom. The number of nitrogens with one attached hydrogen (secondary N) is 2. The van der Waals surface area contributed by atoms with Crippen LogP contribution in [0.15, 0.2) is 42.6 Å². The summed E-state index contributed by atoms with van der Waals surface area (Å²) in [7, 11) is 0. The Labute approximate surface area is 143 Å². The van der Waals surface area contributed by atoms with Gasteiger partial charge in [-0.3, -0.25) is 4.79 Å². The number of benzene rings is 1. The number of hydrogen-bond donors (Lipinski definition) is 2. The third kappa shape index (κ3) is 4.25. The fraction of sp³-hybridized carbons (Fsp3) is 0.368. The lowest BCUT2D eigenvalue weighted by atomic mass is 10.2. The average molecular weight is 324 g/mol. The van der Waals surface area contributed by atoms with Crippen molar-refractivity contribution in [1.82, 2.24) is 4.98 Å². The molecule has 1 aliphatic heterocycles. The van der Waals surface area contributed by atoms with Gasteiger partial charge in [0.2, 0.25) is 5.91 Å². The normalized spacial score (nSPS) is 13.8. The molecule has 0 atom stereocenters. The van der Waals surface area contributed by atoms with E-state index >= 15 is 0 Å². The van der Waals surface area contributed by atoms with Crippen molar-refractivity contribution >= 4 is 28.8 Å². The largest absolute Gasteiger partial charge is 0.372 e. The number of anilines is 4. The van der Waals surface area contributed by atoms with Crippen molar-refractivity contribution in [3.05, 3.63) is 42.6 Å². The number of pyridine rings is 1. The van der Waals surface area contributed by atoms with Crippen molar-refractivity contribution in [3.8, 4) is 0 Å². The van der Waals surface area contributed by atoms with Gasteiger partial charge in [0.05, 0.1) is 11.9 Å². The smallest absolute Gasteiger partial charge is 0.225 e. The molecular formula is C19H24N4O. The zero-order valence-corrected chi connectivity index (χ0v) is 14.1. The Hall–Kier alpha value is -2.56. The summed E-state index contributed by atoms with van der Waals surface area (Å²) in [6.07, 6.45) is 5.65. The summed E-state index contributed by atoms with van der Waals surface area (Å²) in [5, 5.41) is 6.12. The lowest BCUT2D eigenvalue weighted by Gasteiger charge is -2.18. The van der Waals surface area contributed by atoms with E-state index in [-0.39, 0.29) is 5.91 Å². The predicted octanol–water partition coefficient (Wildman–Crippen LogP) is 4.16. The van der Waals surface area contributed by atoms with E-state index in [1.165, 1.54) is 18.5 Å². The first-order chi connectivity index (χ1) is 11.7. The van der Waals surface area contributed by atoms with E-state index in [2.05, 4.69) is 44.8 Å². The Morgan fingerprint density at radius 2 is 1.79 bits per heavy atom. The second-order valence-electron chi connectivity index (χ2n) is 6.10. The van der Waals surface area contributed by atoms with Gasteiger partial charge in [-0.15, -0.1) is 0 Å². The van der Waals surface area contributed by atoms with Crippen molar-refractivity contribution < 1.29 is 4.79 Å². The van der Waals surface area contributed by atoms with Crippen molar-refractivity contribution in [2.75, 3.05) is 28.6 Å². The Kier molecular flexibility index (Phi) is 5.31. The van der Waals surface area contributed by atoms with E-state index in [9.17, 15) is 4.79 Å². The number of carbonyl (C=O) groups excluding carboxylic acids is 1.